The maximum atomic E-state index is 12.6. The van der Waals surface area contributed by atoms with Crippen molar-refractivity contribution in [3.8, 4) is 0 Å². The fourth-order valence-electron chi connectivity index (χ4n) is 3.87. The van der Waals surface area contributed by atoms with E-state index in [1.165, 1.54) is 0 Å². The van der Waals surface area contributed by atoms with Gasteiger partial charge in [0.25, 0.3) is 5.91 Å². The van der Waals surface area contributed by atoms with Gasteiger partial charge in [0.2, 0.25) is 0 Å². The zero-order chi connectivity index (χ0) is 16.1. The molecule has 1 fully saturated rings. The van der Waals surface area contributed by atoms with Crippen molar-refractivity contribution in [1.29, 1.82) is 0 Å². The highest BCUT2D eigenvalue weighted by molar-refractivity contribution is 6.31. The third-order valence-corrected chi connectivity index (χ3v) is 5.45. The SMILES string of the molecule is Cc1cc(C2=C(O)C3(CCCC(C)C3)NC2=O)c(C)cc1Cl. The van der Waals surface area contributed by atoms with Gasteiger partial charge in [0.1, 0.15) is 5.76 Å². The molecule has 2 unspecified atom stereocenters. The molecule has 2 N–H and O–H groups in total. The number of aliphatic hydroxyl groups excluding tert-OH is 1. The molecule has 0 bridgehead atoms. The molecule has 118 valence electrons. The number of hydrogen-bond acceptors (Lipinski definition) is 2. The van der Waals surface area contributed by atoms with Gasteiger partial charge in [-0.1, -0.05) is 31.4 Å². The second kappa shape index (κ2) is 5.31. The molecule has 1 saturated carbocycles. The monoisotopic (exact) mass is 319 g/mol. The molecule has 1 amide bonds. The minimum absolute atomic E-state index is 0.170. The smallest absolute Gasteiger partial charge is 0.256 e. The molecule has 1 aromatic rings. The summed E-state index contributed by atoms with van der Waals surface area (Å²) in [7, 11) is 0. The van der Waals surface area contributed by atoms with Crippen LogP contribution < -0.4 is 5.32 Å². The van der Waals surface area contributed by atoms with Crippen molar-refractivity contribution in [1.82, 2.24) is 5.32 Å². The number of nitrogens with one attached hydrogen (secondary N) is 1. The molecule has 1 aliphatic heterocycles. The number of carbonyl (C=O) groups is 1. The highest BCUT2D eigenvalue weighted by atomic mass is 35.5. The van der Waals surface area contributed by atoms with Crippen molar-refractivity contribution in [3.05, 3.63) is 39.6 Å². The van der Waals surface area contributed by atoms with E-state index in [2.05, 4.69) is 12.2 Å². The fourth-order valence-corrected chi connectivity index (χ4v) is 4.08. The average molecular weight is 320 g/mol. The lowest BCUT2D eigenvalue weighted by Crippen LogP contribution is -2.47. The van der Waals surface area contributed by atoms with Crippen molar-refractivity contribution < 1.29 is 9.90 Å². The predicted molar refractivity (Wildman–Crippen MR) is 89.0 cm³/mol. The van der Waals surface area contributed by atoms with Crippen LogP contribution in [0.5, 0.6) is 0 Å². The van der Waals surface area contributed by atoms with Gasteiger partial charge in [0.05, 0.1) is 11.1 Å². The Hall–Kier alpha value is -1.48. The number of halogens is 1. The van der Waals surface area contributed by atoms with E-state index in [1.54, 1.807) is 0 Å². The van der Waals surface area contributed by atoms with Crippen LogP contribution in [0.15, 0.2) is 17.9 Å². The third kappa shape index (κ3) is 2.32. The summed E-state index contributed by atoms with van der Waals surface area (Å²) in [5.74, 6) is 0.550. The molecule has 2 atom stereocenters. The molecule has 0 radical (unpaired) electrons. The first-order chi connectivity index (χ1) is 10.3. The van der Waals surface area contributed by atoms with Gasteiger partial charge in [-0.05, 0) is 61.4 Å². The van der Waals surface area contributed by atoms with Crippen LogP contribution in [0.2, 0.25) is 5.02 Å². The number of aliphatic hydroxyl groups is 1. The van der Waals surface area contributed by atoms with Gasteiger partial charge in [0.15, 0.2) is 0 Å². The first-order valence-electron chi connectivity index (χ1n) is 7.87. The Labute approximate surface area is 136 Å². The number of benzene rings is 1. The van der Waals surface area contributed by atoms with Crippen LogP contribution in [0.25, 0.3) is 5.57 Å². The molecule has 1 aliphatic carbocycles. The van der Waals surface area contributed by atoms with Crippen LogP contribution in [0.4, 0.5) is 0 Å². The van der Waals surface area contributed by atoms with E-state index < -0.39 is 5.54 Å². The number of aryl methyl sites for hydroxylation is 2. The molecular formula is C18H22ClNO2. The highest BCUT2D eigenvalue weighted by Gasteiger charge is 2.48. The van der Waals surface area contributed by atoms with Crippen LogP contribution in [-0.4, -0.2) is 16.6 Å². The molecule has 0 aromatic heterocycles. The van der Waals surface area contributed by atoms with E-state index in [9.17, 15) is 9.90 Å². The van der Waals surface area contributed by atoms with E-state index >= 15 is 0 Å². The van der Waals surface area contributed by atoms with Crippen LogP contribution in [0.3, 0.4) is 0 Å². The van der Waals surface area contributed by atoms with E-state index in [0.717, 1.165) is 42.4 Å². The summed E-state index contributed by atoms with van der Waals surface area (Å²) in [5, 5.41) is 14.6. The Kier molecular flexibility index (Phi) is 3.72. The zero-order valence-corrected chi connectivity index (χ0v) is 14.0. The molecule has 3 rings (SSSR count). The standard InChI is InChI=1S/C18H22ClNO2/c1-10-5-4-6-18(9-10)16(21)15(17(22)20-18)13-7-12(3)14(19)8-11(13)2/h7-8,10,21H,4-6,9H2,1-3H3,(H,20,22). The Morgan fingerprint density at radius 3 is 2.73 bits per heavy atom. The molecule has 3 nitrogen and oxygen atoms in total. The van der Waals surface area contributed by atoms with E-state index in [0.29, 0.717) is 16.5 Å². The third-order valence-electron chi connectivity index (χ3n) is 5.04. The minimum atomic E-state index is -0.565. The van der Waals surface area contributed by atoms with Crippen molar-refractivity contribution in [2.45, 2.75) is 52.0 Å². The number of rotatable bonds is 1. The van der Waals surface area contributed by atoms with Gasteiger partial charge in [-0.25, -0.2) is 0 Å². The van der Waals surface area contributed by atoms with Crippen molar-refractivity contribution in [2.24, 2.45) is 5.92 Å². The zero-order valence-electron chi connectivity index (χ0n) is 13.3. The maximum absolute atomic E-state index is 12.6. The molecule has 2 aliphatic rings. The Morgan fingerprint density at radius 1 is 1.32 bits per heavy atom. The molecule has 22 heavy (non-hydrogen) atoms. The van der Waals surface area contributed by atoms with Gasteiger partial charge in [-0.15, -0.1) is 0 Å². The number of hydrogen-bond donors (Lipinski definition) is 2. The highest BCUT2D eigenvalue weighted by Crippen LogP contribution is 2.43. The van der Waals surface area contributed by atoms with E-state index in [4.69, 9.17) is 11.6 Å². The summed E-state index contributed by atoms with van der Waals surface area (Å²) in [4.78, 5) is 12.6. The first kappa shape index (κ1) is 15.4. The van der Waals surface area contributed by atoms with Crippen LogP contribution in [-0.2, 0) is 4.79 Å². The van der Waals surface area contributed by atoms with Gasteiger partial charge in [0, 0.05) is 5.02 Å². The first-order valence-corrected chi connectivity index (χ1v) is 8.25. The molecular weight excluding hydrogens is 298 g/mol. The lowest BCUT2D eigenvalue weighted by Gasteiger charge is -2.36. The topological polar surface area (TPSA) is 49.3 Å². The molecule has 0 saturated heterocycles. The van der Waals surface area contributed by atoms with Crippen LogP contribution in [0, 0.1) is 19.8 Å². The molecule has 1 heterocycles. The van der Waals surface area contributed by atoms with Gasteiger partial charge in [-0.3, -0.25) is 4.79 Å². The summed E-state index contributed by atoms with van der Waals surface area (Å²) < 4.78 is 0. The summed E-state index contributed by atoms with van der Waals surface area (Å²) in [6, 6.07) is 3.75. The largest absolute Gasteiger partial charge is 0.509 e. The Balaban J connectivity index is 2.11. The summed E-state index contributed by atoms with van der Waals surface area (Å²) in [6.07, 6.45) is 3.79. The Morgan fingerprint density at radius 2 is 2.05 bits per heavy atom. The van der Waals surface area contributed by atoms with Gasteiger partial charge in [-0.2, -0.15) is 0 Å². The van der Waals surface area contributed by atoms with Crippen LogP contribution >= 0.6 is 11.6 Å². The fraction of sp³-hybridized carbons (Fsp3) is 0.500. The van der Waals surface area contributed by atoms with Gasteiger partial charge < -0.3 is 10.4 Å². The van der Waals surface area contributed by atoms with Crippen molar-refractivity contribution in [2.75, 3.05) is 0 Å². The van der Waals surface area contributed by atoms with Gasteiger partial charge >= 0.3 is 0 Å². The number of amides is 1. The minimum Gasteiger partial charge on any atom is -0.509 e. The second-order valence-electron chi connectivity index (χ2n) is 6.88. The molecule has 1 aromatic carbocycles. The van der Waals surface area contributed by atoms with Crippen molar-refractivity contribution in [3.63, 3.8) is 0 Å². The Bertz CT molecular complexity index is 680. The number of carbonyl (C=O) groups excluding carboxylic acids is 1. The maximum Gasteiger partial charge on any atom is 0.256 e. The summed E-state index contributed by atoms with van der Waals surface area (Å²) in [5.41, 5.74) is 2.46. The van der Waals surface area contributed by atoms with Crippen LogP contribution in [0.1, 0.15) is 49.3 Å². The summed E-state index contributed by atoms with van der Waals surface area (Å²) >= 11 is 6.15. The molecule has 1 spiro atoms. The predicted octanol–water partition coefficient (Wildman–Crippen LogP) is 4.30. The lowest BCUT2D eigenvalue weighted by atomic mass is 9.75. The van der Waals surface area contributed by atoms with Crippen molar-refractivity contribution >= 4 is 23.1 Å². The van der Waals surface area contributed by atoms with E-state index in [1.807, 2.05) is 26.0 Å². The second-order valence-corrected chi connectivity index (χ2v) is 7.28. The average Bonchev–Trinajstić information content (AvgIpc) is 2.65. The molecule has 4 heteroatoms. The quantitative estimate of drug-likeness (QED) is 0.810. The normalized spacial score (nSPS) is 28.4. The van der Waals surface area contributed by atoms with E-state index in [-0.39, 0.29) is 11.7 Å². The summed E-state index contributed by atoms with van der Waals surface area (Å²) in [6.45, 7) is 6.01. The lowest BCUT2D eigenvalue weighted by molar-refractivity contribution is -0.116.